The van der Waals surface area contributed by atoms with Gasteiger partial charge in [0.1, 0.15) is 0 Å². The fourth-order valence-electron chi connectivity index (χ4n) is 2.44. The van der Waals surface area contributed by atoms with E-state index in [1.165, 1.54) is 0 Å². The predicted octanol–water partition coefficient (Wildman–Crippen LogP) is 0.479. The Morgan fingerprint density at radius 2 is 2.12 bits per heavy atom. The fourth-order valence-corrected chi connectivity index (χ4v) is 4.23. The van der Waals surface area contributed by atoms with E-state index in [9.17, 15) is 8.42 Å². The van der Waals surface area contributed by atoms with E-state index < -0.39 is 9.84 Å². The van der Waals surface area contributed by atoms with Crippen LogP contribution in [0, 0.1) is 5.92 Å². The third kappa shape index (κ3) is 3.18. The Labute approximate surface area is 99.1 Å². The van der Waals surface area contributed by atoms with E-state index >= 15 is 0 Å². The van der Waals surface area contributed by atoms with Crippen LogP contribution in [0.4, 0.5) is 0 Å². The quantitative estimate of drug-likeness (QED) is 0.768. The summed E-state index contributed by atoms with van der Waals surface area (Å²) >= 11 is 0. The van der Waals surface area contributed by atoms with Gasteiger partial charge in [-0.25, -0.2) is 8.42 Å². The van der Waals surface area contributed by atoms with Crippen molar-refractivity contribution in [2.24, 2.45) is 11.7 Å². The molecular formula is C11H24N2O2S. The lowest BCUT2D eigenvalue weighted by molar-refractivity contribution is 0.143. The highest BCUT2D eigenvalue weighted by molar-refractivity contribution is 7.91. The molecule has 0 spiro atoms. The molecule has 0 amide bonds. The SMILES string of the molecule is CCC(C)C(CN)N(C)C1CCS(=O)(=O)C1. The summed E-state index contributed by atoms with van der Waals surface area (Å²) in [5.74, 6) is 1.15. The Balaban J connectivity index is 2.66. The van der Waals surface area contributed by atoms with Gasteiger partial charge in [0, 0.05) is 18.6 Å². The average Bonchev–Trinajstić information content (AvgIpc) is 2.59. The molecule has 0 bridgehead atoms. The summed E-state index contributed by atoms with van der Waals surface area (Å²) in [7, 11) is -0.788. The van der Waals surface area contributed by atoms with Crippen LogP contribution in [0.2, 0.25) is 0 Å². The van der Waals surface area contributed by atoms with Crippen LogP contribution in [0.5, 0.6) is 0 Å². The smallest absolute Gasteiger partial charge is 0.151 e. The van der Waals surface area contributed by atoms with Crippen LogP contribution in [0.15, 0.2) is 0 Å². The zero-order valence-corrected chi connectivity index (χ0v) is 11.3. The largest absolute Gasteiger partial charge is 0.329 e. The number of sulfone groups is 1. The van der Waals surface area contributed by atoms with E-state index in [2.05, 4.69) is 18.7 Å². The molecule has 0 aliphatic carbocycles. The molecule has 16 heavy (non-hydrogen) atoms. The van der Waals surface area contributed by atoms with Crippen LogP contribution >= 0.6 is 0 Å². The molecule has 1 heterocycles. The molecule has 1 rings (SSSR count). The van der Waals surface area contributed by atoms with Crippen LogP contribution in [-0.4, -0.2) is 50.5 Å². The maximum atomic E-state index is 11.4. The molecule has 0 aromatic heterocycles. The second-order valence-corrected chi connectivity index (χ2v) is 7.14. The average molecular weight is 248 g/mol. The molecule has 1 saturated heterocycles. The lowest BCUT2D eigenvalue weighted by Crippen LogP contribution is -2.48. The Bertz CT molecular complexity index is 316. The topological polar surface area (TPSA) is 63.4 Å². The monoisotopic (exact) mass is 248 g/mol. The molecule has 0 saturated carbocycles. The van der Waals surface area contributed by atoms with E-state index in [0.717, 1.165) is 12.8 Å². The highest BCUT2D eigenvalue weighted by Crippen LogP contribution is 2.22. The molecule has 0 aromatic rings. The molecule has 4 nitrogen and oxygen atoms in total. The minimum Gasteiger partial charge on any atom is -0.329 e. The molecule has 96 valence electrons. The van der Waals surface area contributed by atoms with Gasteiger partial charge in [0.25, 0.3) is 0 Å². The van der Waals surface area contributed by atoms with Gasteiger partial charge in [-0.3, -0.25) is 4.90 Å². The van der Waals surface area contributed by atoms with E-state index in [1.54, 1.807) is 0 Å². The first-order chi connectivity index (χ1) is 7.41. The van der Waals surface area contributed by atoms with Crippen LogP contribution in [0.1, 0.15) is 26.7 Å². The van der Waals surface area contributed by atoms with Gasteiger partial charge in [-0.15, -0.1) is 0 Å². The number of hydrogen-bond acceptors (Lipinski definition) is 4. The lowest BCUT2D eigenvalue weighted by Gasteiger charge is -2.35. The molecule has 1 aliphatic rings. The van der Waals surface area contributed by atoms with Crippen molar-refractivity contribution in [2.45, 2.75) is 38.8 Å². The van der Waals surface area contributed by atoms with Gasteiger partial charge in [0.05, 0.1) is 11.5 Å². The lowest BCUT2D eigenvalue weighted by atomic mass is 9.96. The summed E-state index contributed by atoms with van der Waals surface area (Å²) in [5.41, 5.74) is 5.79. The molecule has 2 N–H and O–H groups in total. The van der Waals surface area contributed by atoms with Gasteiger partial charge in [-0.2, -0.15) is 0 Å². The van der Waals surface area contributed by atoms with E-state index in [-0.39, 0.29) is 6.04 Å². The summed E-state index contributed by atoms with van der Waals surface area (Å²) < 4.78 is 22.9. The first-order valence-electron chi connectivity index (χ1n) is 6.03. The van der Waals surface area contributed by atoms with Crippen molar-refractivity contribution in [1.82, 2.24) is 4.90 Å². The first kappa shape index (κ1) is 13.9. The number of rotatable bonds is 5. The number of likely N-dealkylation sites (N-methyl/N-ethyl adjacent to an activating group) is 1. The van der Waals surface area contributed by atoms with Crippen molar-refractivity contribution >= 4 is 9.84 Å². The van der Waals surface area contributed by atoms with Gasteiger partial charge < -0.3 is 5.73 Å². The Morgan fingerprint density at radius 1 is 1.50 bits per heavy atom. The van der Waals surface area contributed by atoms with Crippen LogP contribution < -0.4 is 5.73 Å². The van der Waals surface area contributed by atoms with Crippen molar-refractivity contribution in [3.8, 4) is 0 Å². The van der Waals surface area contributed by atoms with E-state index in [4.69, 9.17) is 5.73 Å². The summed E-state index contributed by atoms with van der Waals surface area (Å²) in [6.45, 7) is 4.92. The Kier molecular flexibility index (Phi) is 4.76. The van der Waals surface area contributed by atoms with Crippen molar-refractivity contribution in [2.75, 3.05) is 25.1 Å². The van der Waals surface area contributed by atoms with Crippen molar-refractivity contribution in [3.63, 3.8) is 0 Å². The Hall–Kier alpha value is -0.130. The van der Waals surface area contributed by atoms with Gasteiger partial charge in [-0.05, 0) is 19.4 Å². The number of hydrogen-bond donors (Lipinski definition) is 1. The molecule has 1 aliphatic heterocycles. The molecule has 5 heteroatoms. The third-order valence-electron chi connectivity index (χ3n) is 3.85. The van der Waals surface area contributed by atoms with Gasteiger partial charge in [-0.1, -0.05) is 20.3 Å². The van der Waals surface area contributed by atoms with Gasteiger partial charge >= 0.3 is 0 Å². The fraction of sp³-hybridized carbons (Fsp3) is 1.00. The standard InChI is InChI=1S/C11H24N2O2S/c1-4-9(2)11(7-12)13(3)10-5-6-16(14,15)8-10/h9-11H,4-8,12H2,1-3H3. The molecule has 0 aromatic carbocycles. The second kappa shape index (κ2) is 5.47. The minimum atomic E-state index is -2.80. The zero-order valence-electron chi connectivity index (χ0n) is 10.5. The summed E-state index contributed by atoms with van der Waals surface area (Å²) in [6, 6.07) is 0.454. The first-order valence-corrected chi connectivity index (χ1v) is 7.85. The van der Waals surface area contributed by atoms with Crippen molar-refractivity contribution in [3.05, 3.63) is 0 Å². The number of nitrogens with zero attached hydrogens (tertiary/aromatic N) is 1. The minimum absolute atomic E-state index is 0.160. The maximum Gasteiger partial charge on any atom is 0.151 e. The molecule has 3 unspecified atom stereocenters. The summed E-state index contributed by atoms with van der Waals surface area (Å²) in [5, 5.41) is 0. The molecule has 3 atom stereocenters. The molecule has 1 fully saturated rings. The van der Waals surface area contributed by atoms with E-state index in [0.29, 0.717) is 30.0 Å². The van der Waals surface area contributed by atoms with Crippen molar-refractivity contribution in [1.29, 1.82) is 0 Å². The van der Waals surface area contributed by atoms with Gasteiger partial charge in [0.15, 0.2) is 9.84 Å². The second-order valence-electron chi connectivity index (χ2n) is 4.91. The van der Waals surface area contributed by atoms with Crippen LogP contribution in [0.25, 0.3) is 0 Å². The number of nitrogens with two attached hydrogens (primary N) is 1. The Morgan fingerprint density at radius 3 is 2.50 bits per heavy atom. The highest BCUT2D eigenvalue weighted by atomic mass is 32.2. The molecular weight excluding hydrogens is 224 g/mol. The molecule has 0 radical (unpaired) electrons. The van der Waals surface area contributed by atoms with Crippen LogP contribution in [0.3, 0.4) is 0 Å². The summed E-state index contributed by atoms with van der Waals surface area (Å²) in [6.07, 6.45) is 1.83. The van der Waals surface area contributed by atoms with Crippen molar-refractivity contribution < 1.29 is 8.42 Å². The van der Waals surface area contributed by atoms with Crippen LogP contribution in [-0.2, 0) is 9.84 Å². The maximum absolute atomic E-state index is 11.4. The summed E-state index contributed by atoms with van der Waals surface area (Å²) in [4.78, 5) is 2.18. The highest BCUT2D eigenvalue weighted by Gasteiger charge is 2.34. The van der Waals surface area contributed by atoms with E-state index in [1.807, 2.05) is 7.05 Å². The predicted molar refractivity (Wildman–Crippen MR) is 67.1 cm³/mol. The normalized spacial score (nSPS) is 28.2. The zero-order chi connectivity index (χ0) is 12.3. The third-order valence-corrected chi connectivity index (χ3v) is 5.60. The van der Waals surface area contributed by atoms with Gasteiger partial charge in [0.2, 0.25) is 0 Å².